The molecule has 0 fully saturated rings. The van der Waals surface area contributed by atoms with E-state index in [-0.39, 0.29) is 87.5 Å². The molecule has 0 N–H and O–H groups in total. The second kappa shape index (κ2) is 19.7. The van der Waals surface area contributed by atoms with E-state index in [4.69, 9.17) is 0 Å². The van der Waals surface area contributed by atoms with Crippen molar-refractivity contribution in [3.63, 3.8) is 0 Å². The van der Waals surface area contributed by atoms with Crippen LogP contribution in [-0.2, 0) is 0 Å². The molecule has 0 aromatic heterocycles. The third kappa shape index (κ3) is 5820. The summed E-state index contributed by atoms with van der Waals surface area (Å²) >= 11 is 0. The van der Waals surface area contributed by atoms with Gasteiger partial charge in [0.15, 0.2) is 0 Å². The number of hydrogen-bond donors (Lipinski definition) is 0. The van der Waals surface area contributed by atoms with Gasteiger partial charge in [0, 0.05) is 0 Å². The monoisotopic (exact) mass is 732 g/mol. The van der Waals surface area contributed by atoms with Crippen molar-refractivity contribution in [1.82, 2.24) is 0 Å². The Kier molecular flexibility index (Phi) is 34.2. The zero-order valence-corrected chi connectivity index (χ0v) is 18.1. The minimum Gasteiger partial charge on any atom is -0.418 e. The van der Waals surface area contributed by atoms with E-state index in [0.29, 0.717) is 0 Å². The summed E-state index contributed by atoms with van der Waals surface area (Å²) in [6.45, 7) is 0. The predicted octanol–water partition coefficient (Wildman–Crippen LogP) is 6.12. The van der Waals surface area contributed by atoms with Crippen molar-refractivity contribution in [2.24, 2.45) is 0 Å². The minimum atomic E-state index is -6.00. The van der Waals surface area contributed by atoms with Crippen LogP contribution in [0.25, 0.3) is 0 Å². The van der Waals surface area contributed by atoms with Gasteiger partial charge in [-0.25, -0.2) is 0 Å². The second-order valence-corrected chi connectivity index (χ2v) is 2.47. The fourth-order valence-electron chi connectivity index (χ4n) is 0. The van der Waals surface area contributed by atoms with Crippen LogP contribution in [0.2, 0.25) is 0 Å². The number of rotatable bonds is 0. The SMILES string of the molecule is F[B-](F)(F)F.F[B-](F)(F)F.F[B-](F)(F)F.F[B-](F)(F)F.F[B-](F)(F)F.[Ba+2].[Tb+3]. The number of hydrogen-bond acceptors (Lipinski definition) is 0. The molecule has 0 radical (unpaired) electrons. The van der Waals surface area contributed by atoms with Crippen LogP contribution < -0.4 is 0 Å². The van der Waals surface area contributed by atoms with Crippen LogP contribution in [0.1, 0.15) is 0 Å². The first kappa shape index (κ1) is 46.8. The molecule has 166 valence electrons. The maximum Gasteiger partial charge on any atom is 3.00 e. The van der Waals surface area contributed by atoms with Gasteiger partial charge in [-0.15, -0.1) is 0 Å². The third-order valence-corrected chi connectivity index (χ3v) is 0. The first-order valence-electron chi connectivity index (χ1n) is 4.36. The summed E-state index contributed by atoms with van der Waals surface area (Å²) in [4.78, 5) is 0. The van der Waals surface area contributed by atoms with E-state index in [2.05, 4.69) is 0 Å². The molecule has 27 heteroatoms. The summed E-state index contributed by atoms with van der Waals surface area (Å²) in [6, 6.07) is 0. The van der Waals surface area contributed by atoms with Gasteiger partial charge in [-0.1, -0.05) is 0 Å². The van der Waals surface area contributed by atoms with Crippen molar-refractivity contribution in [3.8, 4) is 0 Å². The van der Waals surface area contributed by atoms with Crippen LogP contribution >= 0.6 is 0 Å². The topological polar surface area (TPSA) is 0 Å². The molecular formula is B5BaF20Tb. The van der Waals surface area contributed by atoms with Crippen LogP contribution in [-0.4, -0.2) is 85.2 Å². The Morgan fingerprint density at radius 1 is 0.222 bits per heavy atom. The molecule has 27 heavy (non-hydrogen) atoms. The van der Waals surface area contributed by atoms with E-state index in [0.717, 1.165) is 0 Å². The molecule has 0 aliphatic rings. The van der Waals surface area contributed by atoms with E-state index >= 15 is 0 Å². The number of halogens is 20. The molecule has 0 amide bonds. The summed E-state index contributed by atoms with van der Waals surface area (Å²) in [5.41, 5.74) is 0. The molecule has 0 nitrogen and oxygen atoms in total. The van der Waals surface area contributed by atoms with E-state index in [1.54, 1.807) is 0 Å². The van der Waals surface area contributed by atoms with E-state index < -0.39 is 36.3 Å². The Hall–Kier alpha value is 1.78. The Morgan fingerprint density at radius 3 is 0.222 bits per heavy atom. The Balaban J connectivity index is -0.0000000364. The summed E-state index contributed by atoms with van der Waals surface area (Å²) in [5, 5.41) is 0. The van der Waals surface area contributed by atoms with Crippen LogP contribution in [0, 0.1) is 38.6 Å². The van der Waals surface area contributed by atoms with Crippen LogP contribution in [0.4, 0.5) is 86.3 Å². The third-order valence-electron chi connectivity index (χ3n) is 0. The zero-order chi connectivity index (χ0) is 22.5. The largest absolute Gasteiger partial charge is 3.00 e. The van der Waals surface area contributed by atoms with Gasteiger partial charge in [-0.2, -0.15) is 0 Å². The van der Waals surface area contributed by atoms with Gasteiger partial charge in [0.25, 0.3) is 0 Å². The van der Waals surface area contributed by atoms with Gasteiger partial charge in [-0.05, 0) is 0 Å². The zero-order valence-electron chi connectivity index (χ0n) is 11.5. The van der Waals surface area contributed by atoms with Crippen molar-refractivity contribution in [3.05, 3.63) is 0 Å². The Morgan fingerprint density at radius 2 is 0.222 bits per heavy atom. The molecule has 0 aliphatic carbocycles. The van der Waals surface area contributed by atoms with Crippen LogP contribution in [0.3, 0.4) is 0 Å². The van der Waals surface area contributed by atoms with Crippen LogP contribution in [0.5, 0.6) is 0 Å². The molecule has 0 bridgehead atoms. The maximum absolute atomic E-state index is 9.75. The maximum atomic E-state index is 9.75. The van der Waals surface area contributed by atoms with Crippen LogP contribution in [0.15, 0.2) is 0 Å². The molecule has 0 spiro atoms. The van der Waals surface area contributed by atoms with E-state index in [1.165, 1.54) is 0 Å². The van der Waals surface area contributed by atoms with E-state index in [1.807, 2.05) is 0 Å². The van der Waals surface area contributed by atoms with Gasteiger partial charge in [0.05, 0.1) is 0 Å². The molecule has 0 unspecified atom stereocenters. The fraction of sp³-hybridized carbons (Fsp3) is 0. The predicted molar refractivity (Wildman–Crippen MR) is 56.7 cm³/mol. The summed E-state index contributed by atoms with van der Waals surface area (Å²) in [5.74, 6) is 0. The quantitative estimate of drug-likeness (QED) is 0.209. The van der Waals surface area contributed by atoms with Gasteiger partial charge in [0.2, 0.25) is 0 Å². The van der Waals surface area contributed by atoms with Gasteiger partial charge >= 0.3 is 124 Å². The molecular weight excluding hydrogens is 730 g/mol. The molecule has 0 heterocycles. The normalized spacial score (nSPS) is 11.1. The molecule has 0 saturated heterocycles. The molecule has 0 aromatic carbocycles. The standard InChI is InChI=1S/5BF4.Ba.Tb/c5*2-1(3,4)5;;/q5*-1;+2;+3. The fourth-order valence-corrected chi connectivity index (χ4v) is 0. The molecule has 0 aromatic rings. The average Bonchev–Trinajstić information content (AvgIpc) is 1.79. The van der Waals surface area contributed by atoms with Gasteiger partial charge in [0.1, 0.15) is 0 Å². The first-order chi connectivity index (χ1) is 10.0. The summed E-state index contributed by atoms with van der Waals surface area (Å²) in [7, 11) is -30.0. The van der Waals surface area contributed by atoms with Crippen molar-refractivity contribution < 1.29 is 125 Å². The summed E-state index contributed by atoms with van der Waals surface area (Å²) < 4.78 is 195. The minimum absolute atomic E-state index is 0. The second-order valence-electron chi connectivity index (χ2n) is 2.47. The summed E-state index contributed by atoms with van der Waals surface area (Å²) in [6.07, 6.45) is 0. The average molecular weight is 730 g/mol. The first-order valence-corrected chi connectivity index (χ1v) is 4.36. The Bertz CT molecular complexity index is 178. The van der Waals surface area contributed by atoms with Gasteiger partial charge < -0.3 is 86.3 Å². The van der Waals surface area contributed by atoms with Gasteiger partial charge in [-0.3, -0.25) is 0 Å². The van der Waals surface area contributed by atoms with Crippen molar-refractivity contribution >= 4 is 85.2 Å². The van der Waals surface area contributed by atoms with E-state index in [9.17, 15) is 86.3 Å². The molecule has 0 rings (SSSR count). The smallest absolute Gasteiger partial charge is 0.418 e. The molecule has 0 saturated carbocycles. The molecule has 0 aliphatic heterocycles. The van der Waals surface area contributed by atoms with Crippen molar-refractivity contribution in [2.45, 2.75) is 0 Å². The van der Waals surface area contributed by atoms with Crippen molar-refractivity contribution in [2.75, 3.05) is 0 Å². The molecule has 0 atom stereocenters. The Labute approximate surface area is 207 Å². The van der Waals surface area contributed by atoms with Crippen molar-refractivity contribution in [1.29, 1.82) is 0 Å².